The molecule has 29 heavy (non-hydrogen) atoms. The molecule has 1 saturated carbocycles. The van der Waals surface area contributed by atoms with Gasteiger partial charge in [0.1, 0.15) is 0 Å². The summed E-state index contributed by atoms with van der Waals surface area (Å²) in [4.78, 5) is 7.20. The molecule has 0 radical (unpaired) electrons. The van der Waals surface area contributed by atoms with Crippen molar-refractivity contribution in [3.8, 4) is 0 Å². The molecule has 4 unspecified atom stereocenters. The van der Waals surface area contributed by atoms with Gasteiger partial charge in [-0.05, 0) is 52.1 Å². The second-order valence-corrected chi connectivity index (χ2v) is 10.1. The van der Waals surface area contributed by atoms with Crippen molar-refractivity contribution in [3.63, 3.8) is 0 Å². The molecule has 5 nitrogen and oxygen atoms in total. The van der Waals surface area contributed by atoms with Crippen LogP contribution in [0.25, 0.3) is 0 Å². The third kappa shape index (κ3) is 8.47. The summed E-state index contributed by atoms with van der Waals surface area (Å²) in [5.41, 5.74) is 1.34. The van der Waals surface area contributed by atoms with Gasteiger partial charge >= 0.3 is 0 Å². The summed E-state index contributed by atoms with van der Waals surface area (Å²) >= 11 is 0. The number of benzene rings is 1. The summed E-state index contributed by atoms with van der Waals surface area (Å²) in [5, 5.41) is 7.31. The number of nitrogens with zero attached hydrogens (tertiary/aromatic N) is 2. The predicted octanol–water partition coefficient (Wildman–Crippen LogP) is 3.53. The lowest BCUT2D eigenvalue weighted by Crippen LogP contribution is -2.46. The summed E-state index contributed by atoms with van der Waals surface area (Å²) < 4.78 is 12.2. The Bertz CT molecular complexity index is 637. The summed E-state index contributed by atoms with van der Waals surface area (Å²) in [5.74, 6) is 1.67. The maximum absolute atomic E-state index is 12.2. The van der Waals surface area contributed by atoms with Gasteiger partial charge in [0.25, 0.3) is 0 Å². The number of aliphatic imine (C=N–C) groups is 1. The molecule has 0 aliphatic heterocycles. The van der Waals surface area contributed by atoms with Gasteiger partial charge < -0.3 is 10.6 Å². The van der Waals surface area contributed by atoms with Crippen LogP contribution < -0.4 is 10.6 Å². The standard InChI is InChI=1S/C23H40N4OS/c1-5-24-23(26-21-13-10-14-22(17-21)29(28)6-2)25-16-15-19(3)27(4)18-20-11-8-7-9-12-20/h7-9,11-12,19,21-22H,5-6,10,13-18H2,1-4H3,(H2,24,25,26). The topological polar surface area (TPSA) is 56.7 Å². The maximum Gasteiger partial charge on any atom is 0.191 e. The third-order valence-corrected chi connectivity index (χ3v) is 7.55. The van der Waals surface area contributed by atoms with E-state index in [4.69, 9.17) is 4.99 Å². The van der Waals surface area contributed by atoms with Crippen molar-refractivity contribution in [2.24, 2.45) is 4.99 Å². The van der Waals surface area contributed by atoms with Crippen LogP contribution >= 0.6 is 0 Å². The van der Waals surface area contributed by atoms with Gasteiger partial charge in [-0.3, -0.25) is 14.1 Å². The lowest BCUT2D eigenvalue weighted by Gasteiger charge is -2.30. The van der Waals surface area contributed by atoms with Gasteiger partial charge in [0, 0.05) is 53.5 Å². The zero-order valence-corrected chi connectivity index (χ0v) is 19.5. The highest BCUT2D eigenvalue weighted by Crippen LogP contribution is 2.23. The normalized spacial score (nSPS) is 22.3. The van der Waals surface area contributed by atoms with Crippen LogP contribution in [0.2, 0.25) is 0 Å². The fourth-order valence-electron chi connectivity index (χ4n) is 3.87. The summed E-state index contributed by atoms with van der Waals surface area (Å²) in [7, 11) is 1.49. The average Bonchev–Trinajstić information content (AvgIpc) is 2.74. The largest absolute Gasteiger partial charge is 0.357 e. The number of nitrogens with one attached hydrogen (secondary N) is 2. The van der Waals surface area contributed by atoms with Gasteiger partial charge in [0.05, 0.1) is 0 Å². The molecule has 4 atom stereocenters. The highest BCUT2D eigenvalue weighted by Gasteiger charge is 2.26. The Morgan fingerprint density at radius 1 is 1.28 bits per heavy atom. The number of rotatable bonds is 10. The molecule has 1 aliphatic carbocycles. The molecular formula is C23H40N4OS. The molecule has 2 N–H and O–H groups in total. The molecule has 1 aromatic rings. The smallest absolute Gasteiger partial charge is 0.191 e. The molecular weight excluding hydrogens is 380 g/mol. The van der Waals surface area contributed by atoms with Crippen LogP contribution in [0.3, 0.4) is 0 Å². The van der Waals surface area contributed by atoms with Crippen LogP contribution in [0.4, 0.5) is 0 Å². The Labute approximate surface area is 180 Å². The third-order valence-electron chi connectivity index (χ3n) is 5.81. The van der Waals surface area contributed by atoms with Crippen LogP contribution in [0.15, 0.2) is 35.3 Å². The average molecular weight is 421 g/mol. The molecule has 1 aliphatic rings. The Balaban J connectivity index is 1.82. The lowest BCUT2D eigenvalue weighted by molar-refractivity contribution is 0.240. The molecule has 164 valence electrons. The fourth-order valence-corrected chi connectivity index (χ4v) is 5.22. The Hall–Kier alpha value is -1.40. The van der Waals surface area contributed by atoms with Crippen LogP contribution in [0.5, 0.6) is 0 Å². The van der Waals surface area contributed by atoms with Crippen molar-refractivity contribution in [1.82, 2.24) is 15.5 Å². The first-order valence-corrected chi connectivity index (χ1v) is 12.6. The minimum atomic E-state index is -0.692. The molecule has 1 aromatic carbocycles. The van der Waals surface area contributed by atoms with Crippen LogP contribution in [-0.4, -0.2) is 58.3 Å². The van der Waals surface area contributed by atoms with E-state index < -0.39 is 10.8 Å². The van der Waals surface area contributed by atoms with Gasteiger partial charge in [0.15, 0.2) is 5.96 Å². The first-order valence-electron chi connectivity index (χ1n) is 11.2. The lowest BCUT2D eigenvalue weighted by atomic mass is 9.95. The number of hydrogen-bond acceptors (Lipinski definition) is 3. The summed E-state index contributed by atoms with van der Waals surface area (Å²) in [6.45, 7) is 9.00. The number of hydrogen-bond donors (Lipinski definition) is 2. The molecule has 0 aromatic heterocycles. The van der Waals surface area contributed by atoms with Gasteiger partial charge in [-0.15, -0.1) is 0 Å². The van der Waals surface area contributed by atoms with E-state index >= 15 is 0 Å². The molecule has 0 saturated heterocycles. The first-order chi connectivity index (χ1) is 14.0. The highest BCUT2D eigenvalue weighted by atomic mass is 32.2. The van der Waals surface area contributed by atoms with E-state index in [1.165, 1.54) is 5.56 Å². The molecule has 2 rings (SSSR count). The number of guanidine groups is 1. The van der Waals surface area contributed by atoms with Gasteiger partial charge in [-0.1, -0.05) is 43.7 Å². The summed E-state index contributed by atoms with van der Waals surface area (Å²) in [6.07, 6.45) is 5.39. The quantitative estimate of drug-likeness (QED) is 0.449. The monoisotopic (exact) mass is 420 g/mol. The van der Waals surface area contributed by atoms with Crippen LogP contribution in [0.1, 0.15) is 58.4 Å². The van der Waals surface area contributed by atoms with E-state index in [0.717, 1.165) is 63.5 Å². The van der Waals surface area contributed by atoms with E-state index in [1.807, 2.05) is 6.92 Å². The van der Waals surface area contributed by atoms with E-state index in [2.05, 4.69) is 66.8 Å². The molecule has 6 heteroatoms. The van der Waals surface area contributed by atoms with E-state index in [-0.39, 0.29) is 0 Å². The van der Waals surface area contributed by atoms with E-state index in [9.17, 15) is 4.21 Å². The minimum absolute atomic E-state index is 0.334. The van der Waals surface area contributed by atoms with Crippen molar-refractivity contribution < 1.29 is 4.21 Å². The Morgan fingerprint density at radius 3 is 2.72 bits per heavy atom. The van der Waals surface area contributed by atoms with E-state index in [0.29, 0.717) is 17.3 Å². The van der Waals surface area contributed by atoms with Gasteiger partial charge in [-0.2, -0.15) is 0 Å². The molecule has 0 spiro atoms. The maximum atomic E-state index is 12.2. The van der Waals surface area contributed by atoms with Gasteiger partial charge in [-0.25, -0.2) is 0 Å². The predicted molar refractivity (Wildman–Crippen MR) is 126 cm³/mol. The van der Waals surface area contributed by atoms with Crippen molar-refractivity contribution in [2.75, 3.05) is 25.9 Å². The van der Waals surface area contributed by atoms with Crippen molar-refractivity contribution >= 4 is 16.8 Å². The Kier molecular flexibility index (Phi) is 10.7. The van der Waals surface area contributed by atoms with Crippen molar-refractivity contribution in [1.29, 1.82) is 0 Å². The molecule has 0 amide bonds. The van der Waals surface area contributed by atoms with Crippen molar-refractivity contribution in [3.05, 3.63) is 35.9 Å². The summed E-state index contributed by atoms with van der Waals surface area (Å²) in [6, 6.07) is 11.4. The molecule has 0 bridgehead atoms. The minimum Gasteiger partial charge on any atom is -0.357 e. The van der Waals surface area contributed by atoms with Crippen LogP contribution in [-0.2, 0) is 17.3 Å². The second-order valence-electron chi connectivity index (χ2n) is 8.10. The fraction of sp³-hybridized carbons (Fsp3) is 0.696. The highest BCUT2D eigenvalue weighted by molar-refractivity contribution is 7.85. The van der Waals surface area contributed by atoms with Gasteiger partial charge in [0.2, 0.25) is 0 Å². The van der Waals surface area contributed by atoms with E-state index in [1.54, 1.807) is 0 Å². The Morgan fingerprint density at radius 2 is 2.03 bits per heavy atom. The zero-order chi connectivity index (χ0) is 21.1. The van der Waals surface area contributed by atoms with Crippen LogP contribution in [0, 0.1) is 0 Å². The molecule has 0 heterocycles. The zero-order valence-electron chi connectivity index (χ0n) is 18.7. The SMILES string of the molecule is CCNC(=NCCC(C)N(C)Cc1ccccc1)NC1CCCC(S(=O)CC)C1. The van der Waals surface area contributed by atoms with Crippen molar-refractivity contribution in [2.45, 2.75) is 76.8 Å². The first kappa shape index (κ1) is 23.9. The second kappa shape index (κ2) is 13.0. The molecule has 1 fully saturated rings.